The first kappa shape index (κ1) is 25.0. The minimum Gasteiger partial charge on any atom is -0.328 e. The average Bonchev–Trinajstić information content (AvgIpc) is 3.20. The highest BCUT2D eigenvalue weighted by molar-refractivity contribution is 7.52. The van der Waals surface area contributed by atoms with Gasteiger partial charge in [0.15, 0.2) is 5.78 Å². The molecule has 1 heterocycles. The second kappa shape index (κ2) is 13.2. The molecule has 0 aliphatic heterocycles. The Labute approximate surface area is 184 Å². The highest BCUT2D eigenvalue weighted by Gasteiger charge is 2.19. The smallest absolute Gasteiger partial charge is 0.328 e. The van der Waals surface area contributed by atoms with Crippen molar-refractivity contribution in [2.45, 2.75) is 64.3 Å². The minimum absolute atomic E-state index is 0.0838. The molecule has 0 saturated heterocycles. The lowest BCUT2D eigenvalue weighted by Crippen LogP contribution is -2.22. The van der Waals surface area contributed by atoms with Crippen LogP contribution in [0.3, 0.4) is 0 Å². The molecule has 1 aromatic heterocycles. The van der Waals surface area contributed by atoms with Crippen molar-refractivity contribution in [3.8, 4) is 0 Å². The summed E-state index contributed by atoms with van der Waals surface area (Å²) in [6, 6.07) is 14.2. The second-order valence-electron chi connectivity index (χ2n) is 7.60. The van der Waals surface area contributed by atoms with Gasteiger partial charge in [-0.1, -0.05) is 36.8 Å². The van der Waals surface area contributed by atoms with E-state index in [2.05, 4.69) is 24.3 Å². The van der Waals surface area contributed by atoms with Crippen LogP contribution in [0.2, 0.25) is 0 Å². The molecule has 5 nitrogen and oxygen atoms in total. The molecule has 2 aromatic rings. The van der Waals surface area contributed by atoms with Crippen LogP contribution in [0.5, 0.6) is 0 Å². The molecule has 2 rings (SSSR count). The van der Waals surface area contributed by atoms with Gasteiger partial charge in [0.05, 0.1) is 17.6 Å². The Kier molecular flexibility index (Phi) is 11.0. The number of carbonyl (C=O) groups excluding carboxylic acids is 1. The molecule has 30 heavy (non-hydrogen) atoms. The Bertz CT molecular complexity index is 809. The van der Waals surface area contributed by atoms with Crippen molar-refractivity contribution in [3.05, 3.63) is 57.8 Å². The summed E-state index contributed by atoms with van der Waals surface area (Å²) < 4.78 is 16.6. The predicted molar refractivity (Wildman–Crippen MR) is 124 cm³/mol. The van der Waals surface area contributed by atoms with Crippen LogP contribution >= 0.6 is 18.9 Å². The van der Waals surface area contributed by atoms with E-state index in [0.29, 0.717) is 12.8 Å². The van der Waals surface area contributed by atoms with Gasteiger partial charge in [0, 0.05) is 17.3 Å². The number of benzene rings is 1. The van der Waals surface area contributed by atoms with E-state index in [4.69, 9.17) is 10.3 Å². The number of ketones is 1. The second-order valence-corrected chi connectivity index (χ2v) is 10.8. The molecular formula is C23H34NO4PS. The van der Waals surface area contributed by atoms with Crippen LogP contribution in [-0.4, -0.2) is 29.5 Å². The van der Waals surface area contributed by atoms with Gasteiger partial charge in [0.1, 0.15) is 0 Å². The van der Waals surface area contributed by atoms with Gasteiger partial charge in [0.2, 0.25) is 0 Å². The van der Waals surface area contributed by atoms with E-state index in [1.165, 1.54) is 5.56 Å². The highest BCUT2D eigenvalue weighted by Crippen LogP contribution is 2.42. The van der Waals surface area contributed by atoms with Crippen molar-refractivity contribution in [1.29, 1.82) is 0 Å². The van der Waals surface area contributed by atoms with E-state index in [1.54, 1.807) is 18.3 Å². The van der Waals surface area contributed by atoms with Gasteiger partial charge in [-0.2, -0.15) is 0 Å². The Morgan fingerprint density at radius 3 is 2.60 bits per heavy atom. The molecule has 0 amide bonds. The maximum atomic E-state index is 12.4. The van der Waals surface area contributed by atoms with E-state index in [0.717, 1.165) is 48.3 Å². The van der Waals surface area contributed by atoms with E-state index in [-0.39, 0.29) is 24.6 Å². The van der Waals surface area contributed by atoms with E-state index < -0.39 is 7.60 Å². The number of rotatable bonds is 15. The van der Waals surface area contributed by atoms with Gasteiger partial charge in [-0.3, -0.25) is 9.36 Å². The number of hydrogen-bond acceptors (Lipinski definition) is 5. The molecule has 2 unspecified atom stereocenters. The molecule has 0 spiro atoms. The zero-order valence-corrected chi connectivity index (χ0v) is 19.5. The van der Waals surface area contributed by atoms with Crippen molar-refractivity contribution in [2.24, 2.45) is 5.73 Å². The number of Topliss-reactive ketones (excluding diaryl/α,β-unsaturated/α-hetero) is 1. The van der Waals surface area contributed by atoms with Gasteiger partial charge in [-0.05, 0) is 63.1 Å². The highest BCUT2D eigenvalue weighted by atomic mass is 32.1. The summed E-state index contributed by atoms with van der Waals surface area (Å²) in [5, 5.41) is 0. The van der Waals surface area contributed by atoms with Crippen LogP contribution in [0.4, 0.5) is 0 Å². The first-order chi connectivity index (χ1) is 14.4. The van der Waals surface area contributed by atoms with Gasteiger partial charge in [-0.25, -0.2) is 0 Å². The lowest BCUT2D eigenvalue weighted by molar-refractivity contribution is 0.0983. The monoisotopic (exact) mass is 451 g/mol. The van der Waals surface area contributed by atoms with E-state index in [9.17, 15) is 14.3 Å². The summed E-state index contributed by atoms with van der Waals surface area (Å²) in [6.45, 7) is 1.92. The van der Waals surface area contributed by atoms with E-state index >= 15 is 0 Å². The fraction of sp³-hybridized carbons (Fsp3) is 0.522. The number of nitrogens with two attached hydrogens (primary N) is 1. The third-order valence-corrected chi connectivity index (χ3v) is 7.69. The van der Waals surface area contributed by atoms with Gasteiger partial charge in [-0.15, -0.1) is 11.3 Å². The first-order valence-corrected chi connectivity index (χ1v) is 13.4. The Hall–Kier alpha value is -1.30. The van der Waals surface area contributed by atoms with Crippen molar-refractivity contribution in [2.75, 3.05) is 12.8 Å². The maximum absolute atomic E-state index is 12.4. The molecule has 0 bridgehead atoms. The standard InChI is InChI=1S/C23H34NO4PS/c1-2-28-29(26,27)18-17-20(24)13-14-21-15-16-23(30-21)22(25)12-8-4-7-11-19-9-5-3-6-10-19/h3,5-6,9-10,15-16,20H,2,4,7-8,11-14,17-18,24H2,1H3,(H,26,27). The molecule has 0 aliphatic carbocycles. The van der Waals surface area contributed by atoms with Crippen LogP contribution in [0.25, 0.3) is 0 Å². The Morgan fingerprint density at radius 2 is 1.87 bits per heavy atom. The molecule has 0 aliphatic rings. The molecular weight excluding hydrogens is 417 g/mol. The van der Waals surface area contributed by atoms with E-state index in [1.807, 2.05) is 18.2 Å². The number of hydrogen-bond donors (Lipinski definition) is 2. The predicted octanol–water partition coefficient (Wildman–Crippen LogP) is 5.61. The quantitative estimate of drug-likeness (QED) is 0.209. The molecule has 166 valence electrons. The molecule has 0 saturated carbocycles. The molecule has 3 N–H and O–H groups in total. The van der Waals surface area contributed by atoms with Crippen molar-refractivity contribution in [1.82, 2.24) is 0 Å². The largest absolute Gasteiger partial charge is 0.328 e. The summed E-state index contributed by atoms with van der Waals surface area (Å²) >= 11 is 1.54. The van der Waals surface area contributed by atoms with Crippen LogP contribution in [0.1, 0.15) is 65.6 Å². The number of carbonyl (C=O) groups is 1. The molecule has 0 radical (unpaired) electrons. The SMILES string of the molecule is CCOP(=O)(O)CCC(N)CCc1ccc(C(=O)CCCCCc2ccccc2)s1. The lowest BCUT2D eigenvalue weighted by Gasteiger charge is -2.14. The minimum atomic E-state index is -3.51. The van der Waals surface area contributed by atoms with Crippen molar-refractivity contribution < 1.29 is 18.8 Å². The maximum Gasteiger partial charge on any atom is 0.328 e. The summed E-state index contributed by atoms with van der Waals surface area (Å²) in [5.74, 6) is 0.216. The zero-order valence-electron chi connectivity index (χ0n) is 17.8. The van der Waals surface area contributed by atoms with Crippen LogP contribution in [-0.2, 0) is 21.9 Å². The van der Waals surface area contributed by atoms with Gasteiger partial charge >= 0.3 is 7.60 Å². The fourth-order valence-electron chi connectivity index (χ4n) is 3.29. The molecule has 1 aromatic carbocycles. The summed E-state index contributed by atoms with van der Waals surface area (Å²) in [6.07, 6.45) is 6.78. The Balaban J connectivity index is 1.63. The van der Waals surface area contributed by atoms with Crippen LogP contribution in [0, 0.1) is 0 Å². The Morgan fingerprint density at radius 1 is 1.10 bits per heavy atom. The first-order valence-electron chi connectivity index (χ1n) is 10.8. The normalized spacial score (nSPS) is 14.4. The summed E-state index contributed by atoms with van der Waals surface area (Å²) in [7, 11) is -3.51. The van der Waals surface area contributed by atoms with Gasteiger partial charge < -0.3 is 15.2 Å². The van der Waals surface area contributed by atoms with Gasteiger partial charge in [0.25, 0.3) is 0 Å². The summed E-state index contributed by atoms with van der Waals surface area (Å²) in [5.41, 5.74) is 7.43. The molecule has 7 heteroatoms. The van der Waals surface area contributed by atoms with Crippen molar-refractivity contribution in [3.63, 3.8) is 0 Å². The van der Waals surface area contributed by atoms with Crippen LogP contribution < -0.4 is 5.73 Å². The molecule has 0 fully saturated rings. The number of aryl methyl sites for hydroxylation is 2. The number of thiophene rings is 1. The lowest BCUT2D eigenvalue weighted by atomic mass is 10.0. The average molecular weight is 452 g/mol. The molecule has 2 atom stereocenters. The number of unbranched alkanes of at least 4 members (excludes halogenated alkanes) is 2. The topological polar surface area (TPSA) is 89.6 Å². The zero-order chi connectivity index (χ0) is 21.8. The van der Waals surface area contributed by atoms with Crippen LogP contribution in [0.15, 0.2) is 42.5 Å². The summed E-state index contributed by atoms with van der Waals surface area (Å²) in [4.78, 5) is 24.0. The van der Waals surface area contributed by atoms with Crippen molar-refractivity contribution >= 4 is 24.7 Å². The third kappa shape index (κ3) is 9.67. The fourth-order valence-corrected chi connectivity index (χ4v) is 5.47. The third-order valence-electron chi connectivity index (χ3n) is 5.02.